The Bertz CT molecular complexity index is 594. The van der Waals surface area contributed by atoms with E-state index in [1.165, 1.54) is 12.1 Å². The van der Waals surface area contributed by atoms with Crippen molar-refractivity contribution in [3.8, 4) is 0 Å². The van der Waals surface area contributed by atoms with Crippen molar-refractivity contribution in [1.29, 1.82) is 0 Å². The monoisotopic (exact) mass is 327 g/mol. The van der Waals surface area contributed by atoms with Crippen molar-refractivity contribution in [2.24, 2.45) is 0 Å². The Morgan fingerprint density at radius 3 is 2.57 bits per heavy atom. The molecule has 0 aliphatic rings. The lowest BCUT2D eigenvalue weighted by atomic mass is 10.2. The summed E-state index contributed by atoms with van der Waals surface area (Å²) in [6.45, 7) is 0.400. The second kappa shape index (κ2) is 6.93. The van der Waals surface area contributed by atoms with E-state index in [9.17, 15) is 4.79 Å². The van der Waals surface area contributed by atoms with Crippen LogP contribution in [0.5, 0.6) is 0 Å². The number of nitrogens with one attached hydrogen (secondary N) is 1. The Morgan fingerprint density at radius 2 is 2.05 bits per heavy atom. The third kappa shape index (κ3) is 4.20. The van der Waals surface area contributed by atoms with Gasteiger partial charge in [0.15, 0.2) is 0 Å². The molecule has 1 atom stereocenters. The molecule has 21 heavy (non-hydrogen) atoms. The first-order valence-corrected chi connectivity index (χ1v) is 7.04. The number of hydrogen-bond acceptors (Lipinski definition) is 4. The number of hydrogen-bond donors (Lipinski definition) is 1. The largest absolute Gasteiger partial charge is 0.468 e. The number of halogens is 2. The van der Waals surface area contributed by atoms with E-state index < -0.39 is 0 Å². The van der Waals surface area contributed by atoms with E-state index >= 15 is 0 Å². The van der Waals surface area contributed by atoms with Gasteiger partial charge in [0.25, 0.3) is 5.91 Å². The van der Waals surface area contributed by atoms with Gasteiger partial charge in [-0.25, -0.2) is 4.98 Å². The summed E-state index contributed by atoms with van der Waals surface area (Å²) in [6.07, 6.45) is 1.61. The van der Waals surface area contributed by atoms with Crippen LogP contribution in [0.25, 0.3) is 0 Å². The zero-order valence-electron chi connectivity index (χ0n) is 11.6. The number of amides is 1. The number of pyridine rings is 1. The quantitative estimate of drug-likeness (QED) is 0.857. The van der Waals surface area contributed by atoms with Crippen LogP contribution in [-0.2, 0) is 0 Å². The predicted octanol–water partition coefficient (Wildman–Crippen LogP) is 3.01. The number of carbonyl (C=O) groups is 1. The van der Waals surface area contributed by atoms with E-state index in [2.05, 4.69) is 10.3 Å². The molecule has 1 unspecified atom stereocenters. The van der Waals surface area contributed by atoms with Crippen LogP contribution in [0.1, 0.15) is 22.2 Å². The summed E-state index contributed by atoms with van der Waals surface area (Å²) in [6, 6.07) is 6.57. The zero-order chi connectivity index (χ0) is 15.4. The highest BCUT2D eigenvalue weighted by molar-refractivity contribution is 6.33. The normalized spacial score (nSPS) is 12.4. The molecular weight excluding hydrogens is 313 g/mol. The van der Waals surface area contributed by atoms with Crippen LogP contribution in [0, 0.1) is 0 Å². The third-order valence-electron chi connectivity index (χ3n) is 2.98. The Morgan fingerprint density at radius 1 is 1.38 bits per heavy atom. The van der Waals surface area contributed by atoms with Crippen LogP contribution in [-0.4, -0.2) is 36.4 Å². The van der Waals surface area contributed by atoms with Gasteiger partial charge in [-0.1, -0.05) is 23.2 Å². The van der Waals surface area contributed by atoms with Crippen LogP contribution >= 0.6 is 23.2 Å². The molecular formula is C14H15Cl2N3O2. The fourth-order valence-corrected chi connectivity index (χ4v) is 2.37. The highest BCUT2D eigenvalue weighted by Gasteiger charge is 2.18. The molecule has 2 aromatic rings. The smallest absolute Gasteiger partial charge is 0.251 e. The van der Waals surface area contributed by atoms with E-state index in [1.807, 2.05) is 31.1 Å². The molecule has 1 amide bonds. The van der Waals surface area contributed by atoms with Crippen LogP contribution < -0.4 is 5.32 Å². The van der Waals surface area contributed by atoms with Gasteiger partial charge in [-0.05, 0) is 38.4 Å². The number of rotatable bonds is 5. The SMILES string of the molecule is CN(C)C(CNC(=O)c1cc(Cl)nc(Cl)c1)c1ccco1. The molecule has 0 spiro atoms. The standard InChI is InChI=1S/C14H15Cl2N3O2/c1-19(2)10(11-4-3-5-21-11)8-17-14(20)9-6-12(15)18-13(16)7-9/h3-7,10H,8H2,1-2H3,(H,17,20). The Labute approximate surface area is 132 Å². The fraction of sp³-hybridized carbons (Fsp3) is 0.286. The van der Waals surface area contributed by atoms with Crippen molar-refractivity contribution in [3.63, 3.8) is 0 Å². The molecule has 0 aromatic carbocycles. The zero-order valence-corrected chi connectivity index (χ0v) is 13.1. The predicted molar refractivity (Wildman–Crippen MR) is 81.7 cm³/mol. The lowest BCUT2D eigenvalue weighted by Gasteiger charge is -2.22. The maximum atomic E-state index is 12.1. The Balaban J connectivity index is 2.05. The molecule has 0 saturated carbocycles. The highest BCUT2D eigenvalue weighted by atomic mass is 35.5. The number of furan rings is 1. The molecule has 2 rings (SSSR count). The average molecular weight is 328 g/mol. The summed E-state index contributed by atoms with van der Waals surface area (Å²) < 4.78 is 5.39. The Kier molecular flexibility index (Phi) is 5.22. The molecule has 0 radical (unpaired) electrons. The number of carbonyl (C=O) groups excluding carboxylic acids is 1. The van der Waals surface area contributed by atoms with E-state index in [-0.39, 0.29) is 22.3 Å². The molecule has 112 valence electrons. The molecule has 0 aliphatic heterocycles. The molecule has 0 bridgehead atoms. The van der Waals surface area contributed by atoms with Gasteiger partial charge in [-0.15, -0.1) is 0 Å². The van der Waals surface area contributed by atoms with Gasteiger partial charge in [-0.2, -0.15) is 0 Å². The Hall–Kier alpha value is -1.56. The number of likely N-dealkylation sites (N-methyl/N-ethyl adjacent to an activating group) is 1. The van der Waals surface area contributed by atoms with Crippen molar-refractivity contribution in [2.45, 2.75) is 6.04 Å². The van der Waals surface area contributed by atoms with Crippen molar-refractivity contribution in [3.05, 3.63) is 52.2 Å². The lowest BCUT2D eigenvalue weighted by Crippen LogP contribution is -2.34. The maximum Gasteiger partial charge on any atom is 0.251 e. The van der Waals surface area contributed by atoms with E-state index in [1.54, 1.807) is 6.26 Å². The second-order valence-electron chi connectivity index (χ2n) is 4.71. The number of aromatic nitrogens is 1. The summed E-state index contributed by atoms with van der Waals surface area (Å²) in [5.41, 5.74) is 0.372. The van der Waals surface area contributed by atoms with Gasteiger partial charge < -0.3 is 9.73 Å². The number of nitrogens with zero attached hydrogens (tertiary/aromatic N) is 2. The molecule has 0 fully saturated rings. The summed E-state index contributed by atoms with van der Waals surface area (Å²) in [4.78, 5) is 17.9. The molecule has 0 saturated heterocycles. The third-order valence-corrected chi connectivity index (χ3v) is 3.36. The van der Waals surface area contributed by atoms with Crippen molar-refractivity contribution in [1.82, 2.24) is 15.2 Å². The first-order chi connectivity index (χ1) is 9.97. The van der Waals surface area contributed by atoms with Crippen LogP contribution in [0.2, 0.25) is 10.3 Å². The minimum atomic E-state index is -0.264. The van der Waals surface area contributed by atoms with E-state index in [0.717, 1.165) is 5.76 Å². The summed E-state index contributed by atoms with van der Waals surface area (Å²) in [5, 5.41) is 3.20. The van der Waals surface area contributed by atoms with Gasteiger partial charge in [0.05, 0.1) is 12.3 Å². The summed E-state index contributed by atoms with van der Waals surface area (Å²) in [5.74, 6) is 0.519. The maximum absolute atomic E-state index is 12.1. The van der Waals surface area contributed by atoms with Crippen LogP contribution in [0.3, 0.4) is 0 Å². The molecule has 7 heteroatoms. The van der Waals surface area contributed by atoms with E-state index in [0.29, 0.717) is 12.1 Å². The minimum absolute atomic E-state index is 0.0586. The minimum Gasteiger partial charge on any atom is -0.468 e. The fourth-order valence-electron chi connectivity index (χ4n) is 1.91. The van der Waals surface area contributed by atoms with Gasteiger partial charge in [-0.3, -0.25) is 9.69 Å². The van der Waals surface area contributed by atoms with E-state index in [4.69, 9.17) is 27.6 Å². The second-order valence-corrected chi connectivity index (χ2v) is 5.48. The first-order valence-electron chi connectivity index (χ1n) is 6.28. The van der Waals surface area contributed by atoms with Gasteiger partial charge in [0.2, 0.25) is 0 Å². The van der Waals surface area contributed by atoms with Crippen LogP contribution in [0.15, 0.2) is 34.9 Å². The van der Waals surface area contributed by atoms with Gasteiger partial charge >= 0.3 is 0 Å². The molecule has 0 aliphatic carbocycles. The molecule has 5 nitrogen and oxygen atoms in total. The molecule has 2 aromatic heterocycles. The topological polar surface area (TPSA) is 58.4 Å². The van der Waals surface area contributed by atoms with Crippen LogP contribution in [0.4, 0.5) is 0 Å². The molecule has 2 heterocycles. The van der Waals surface area contributed by atoms with Gasteiger partial charge in [0, 0.05) is 12.1 Å². The summed E-state index contributed by atoms with van der Waals surface area (Å²) in [7, 11) is 3.83. The van der Waals surface area contributed by atoms with Crippen molar-refractivity contribution in [2.75, 3.05) is 20.6 Å². The first kappa shape index (κ1) is 15.8. The lowest BCUT2D eigenvalue weighted by molar-refractivity contribution is 0.0939. The highest BCUT2D eigenvalue weighted by Crippen LogP contribution is 2.18. The van der Waals surface area contributed by atoms with Crippen molar-refractivity contribution >= 4 is 29.1 Å². The molecule has 1 N–H and O–H groups in total. The summed E-state index contributed by atoms with van der Waals surface area (Å²) >= 11 is 11.6. The van der Waals surface area contributed by atoms with Crippen molar-refractivity contribution < 1.29 is 9.21 Å². The van der Waals surface area contributed by atoms with Gasteiger partial charge in [0.1, 0.15) is 16.1 Å². The average Bonchev–Trinajstić information content (AvgIpc) is 2.91.